The summed E-state index contributed by atoms with van der Waals surface area (Å²) in [5.74, 6) is -1.32. The quantitative estimate of drug-likeness (QED) is 0.601. The van der Waals surface area contributed by atoms with Gasteiger partial charge in [-0.3, -0.25) is 20.3 Å². The lowest BCUT2D eigenvalue weighted by Gasteiger charge is -2.02. The molecule has 0 aliphatic carbocycles. The van der Waals surface area contributed by atoms with E-state index in [1.807, 2.05) is 6.92 Å². The second-order valence-electron chi connectivity index (χ2n) is 2.93. The summed E-state index contributed by atoms with van der Waals surface area (Å²) >= 11 is 0. The van der Waals surface area contributed by atoms with Gasteiger partial charge in [0, 0.05) is 0 Å². The average Bonchev–Trinajstić information content (AvgIpc) is 2.25. The van der Waals surface area contributed by atoms with Gasteiger partial charge in [0.25, 0.3) is 5.91 Å². The van der Waals surface area contributed by atoms with Crippen LogP contribution in [0.5, 0.6) is 0 Å². The van der Waals surface area contributed by atoms with E-state index in [1.165, 1.54) is 0 Å². The lowest BCUT2D eigenvalue weighted by molar-refractivity contribution is -0.125. The molecule has 1 rings (SSSR count). The minimum absolute atomic E-state index is 0.0755. The van der Waals surface area contributed by atoms with Crippen molar-refractivity contribution in [2.24, 2.45) is 5.92 Å². The van der Waals surface area contributed by atoms with Crippen molar-refractivity contribution in [2.45, 2.75) is 26.2 Å². The summed E-state index contributed by atoms with van der Waals surface area (Å²) in [5.41, 5.74) is -0.0755. The molecule has 2 N–H and O–H groups in total. The third-order valence-corrected chi connectivity index (χ3v) is 1.99. The zero-order valence-electron chi connectivity index (χ0n) is 7.02. The Morgan fingerprint density at radius 1 is 1.50 bits per heavy atom. The van der Waals surface area contributed by atoms with Crippen molar-refractivity contribution in [2.75, 3.05) is 0 Å². The number of amides is 2. The fraction of sp³-hybridized carbons (Fsp3) is 0.625. The average molecular weight is 168 g/mol. The van der Waals surface area contributed by atoms with Crippen molar-refractivity contribution in [1.29, 1.82) is 5.41 Å². The fourth-order valence-electron chi connectivity index (χ4n) is 1.24. The molecule has 1 heterocycles. The second-order valence-corrected chi connectivity index (χ2v) is 2.93. The van der Waals surface area contributed by atoms with E-state index < -0.39 is 11.8 Å². The van der Waals surface area contributed by atoms with Crippen LogP contribution in [0.25, 0.3) is 0 Å². The molecule has 0 aromatic heterocycles. The van der Waals surface area contributed by atoms with Crippen LogP contribution in [0.2, 0.25) is 0 Å². The Hall–Kier alpha value is -1.19. The molecule has 1 unspecified atom stereocenters. The molecule has 12 heavy (non-hydrogen) atoms. The topological polar surface area (TPSA) is 70.0 Å². The number of nitrogens with one attached hydrogen (secondary N) is 2. The third kappa shape index (κ3) is 1.52. The highest BCUT2D eigenvalue weighted by Crippen LogP contribution is 2.14. The summed E-state index contributed by atoms with van der Waals surface area (Å²) in [6, 6.07) is 0. The summed E-state index contributed by atoms with van der Waals surface area (Å²) in [6.45, 7) is 2.01. The van der Waals surface area contributed by atoms with Crippen LogP contribution in [0.15, 0.2) is 0 Å². The lowest BCUT2D eigenvalue weighted by atomic mass is 9.99. The van der Waals surface area contributed by atoms with E-state index in [1.54, 1.807) is 0 Å². The highest BCUT2D eigenvalue weighted by atomic mass is 16.2. The van der Waals surface area contributed by atoms with E-state index in [9.17, 15) is 9.59 Å². The van der Waals surface area contributed by atoms with Gasteiger partial charge in [0.1, 0.15) is 5.71 Å². The monoisotopic (exact) mass is 168 g/mol. The molecule has 4 nitrogen and oxygen atoms in total. The van der Waals surface area contributed by atoms with Gasteiger partial charge in [-0.2, -0.15) is 0 Å². The molecule has 0 spiro atoms. The number of rotatable bonds is 3. The Kier molecular flexibility index (Phi) is 2.58. The van der Waals surface area contributed by atoms with Crippen LogP contribution in [-0.2, 0) is 9.59 Å². The SMILES string of the molecule is CCCCC1C(=N)C(=O)NC1=O. The third-order valence-electron chi connectivity index (χ3n) is 1.99. The molecule has 1 aliphatic rings. The van der Waals surface area contributed by atoms with Crippen molar-refractivity contribution < 1.29 is 9.59 Å². The fourth-order valence-corrected chi connectivity index (χ4v) is 1.24. The van der Waals surface area contributed by atoms with Crippen LogP contribution in [0, 0.1) is 11.3 Å². The van der Waals surface area contributed by atoms with E-state index in [-0.39, 0.29) is 11.6 Å². The van der Waals surface area contributed by atoms with Crippen LogP contribution in [0.4, 0.5) is 0 Å². The van der Waals surface area contributed by atoms with Gasteiger partial charge in [-0.1, -0.05) is 19.8 Å². The highest BCUT2D eigenvalue weighted by molar-refractivity contribution is 6.49. The van der Waals surface area contributed by atoms with Gasteiger partial charge >= 0.3 is 0 Å². The van der Waals surface area contributed by atoms with Gasteiger partial charge in [-0.25, -0.2) is 0 Å². The van der Waals surface area contributed by atoms with E-state index in [0.717, 1.165) is 12.8 Å². The number of unbranched alkanes of at least 4 members (excludes halogenated alkanes) is 1. The molecule has 66 valence electrons. The van der Waals surface area contributed by atoms with Crippen LogP contribution < -0.4 is 5.32 Å². The first-order valence-corrected chi connectivity index (χ1v) is 4.10. The molecular formula is C8H12N2O2. The van der Waals surface area contributed by atoms with Crippen molar-refractivity contribution in [3.8, 4) is 0 Å². The lowest BCUT2D eigenvalue weighted by Crippen LogP contribution is -2.22. The van der Waals surface area contributed by atoms with Crippen LogP contribution in [0.3, 0.4) is 0 Å². The molecule has 0 aromatic rings. The van der Waals surface area contributed by atoms with Crippen LogP contribution in [0.1, 0.15) is 26.2 Å². The molecule has 1 atom stereocenters. The van der Waals surface area contributed by atoms with Gasteiger partial charge in [-0.15, -0.1) is 0 Å². The first kappa shape index (κ1) is 8.90. The number of carbonyl (C=O) groups is 2. The van der Waals surface area contributed by atoms with E-state index >= 15 is 0 Å². The predicted octanol–water partition coefficient (Wildman–Crippen LogP) is 0.469. The molecule has 1 fully saturated rings. The van der Waals surface area contributed by atoms with E-state index in [2.05, 4.69) is 5.32 Å². The molecule has 0 bridgehead atoms. The van der Waals surface area contributed by atoms with E-state index in [4.69, 9.17) is 5.41 Å². The number of hydrogen-bond donors (Lipinski definition) is 2. The molecule has 0 radical (unpaired) electrons. The van der Waals surface area contributed by atoms with Crippen molar-refractivity contribution >= 4 is 17.5 Å². The molecule has 2 amide bonds. The normalized spacial score (nSPS) is 23.1. The Labute approximate surface area is 70.8 Å². The van der Waals surface area contributed by atoms with E-state index in [0.29, 0.717) is 6.42 Å². The van der Waals surface area contributed by atoms with Gasteiger partial charge in [0.15, 0.2) is 0 Å². The first-order chi connectivity index (χ1) is 5.66. The van der Waals surface area contributed by atoms with Gasteiger partial charge in [-0.05, 0) is 6.42 Å². The summed E-state index contributed by atoms with van der Waals surface area (Å²) in [5, 5.41) is 9.41. The van der Waals surface area contributed by atoms with Gasteiger partial charge < -0.3 is 0 Å². The maximum Gasteiger partial charge on any atom is 0.272 e. The maximum atomic E-state index is 11.0. The summed E-state index contributed by atoms with van der Waals surface area (Å²) in [7, 11) is 0. The maximum absolute atomic E-state index is 11.0. The van der Waals surface area contributed by atoms with Gasteiger partial charge in [0.2, 0.25) is 5.91 Å². The minimum atomic E-state index is -0.527. The Bertz CT molecular complexity index is 235. The zero-order chi connectivity index (χ0) is 9.14. The van der Waals surface area contributed by atoms with Crippen LogP contribution in [-0.4, -0.2) is 17.5 Å². The standard InChI is InChI=1S/C8H12N2O2/c1-2-3-4-5-6(9)8(12)10-7(5)11/h5,9H,2-4H2,1H3,(H,10,11,12). The van der Waals surface area contributed by atoms with Crippen molar-refractivity contribution in [3.63, 3.8) is 0 Å². The number of carbonyl (C=O) groups excluding carboxylic acids is 2. The Morgan fingerprint density at radius 2 is 2.17 bits per heavy atom. The molecule has 0 aromatic carbocycles. The molecule has 1 aliphatic heterocycles. The molecule has 0 saturated carbocycles. The highest BCUT2D eigenvalue weighted by Gasteiger charge is 2.35. The first-order valence-electron chi connectivity index (χ1n) is 4.10. The second kappa shape index (κ2) is 3.47. The summed E-state index contributed by atoms with van der Waals surface area (Å²) in [6.07, 6.45) is 2.48. The largest absolute Gasteiger partial charge is 0.299 e. The number of imide groups is 1. The van der Waals surface area contributed by atoms with Gasteiger partial charge in [0.05, 0.1) is 5.92 Å². The molecule has 1 saturated heterocycles. The summed E-state index contributed by atoms with van der Waals surface area (Å²) in [4.78, 5) is 21.8. The van der Waals surface area contributed by atoms with Crippen molar-refractivity contribution in [1.82, 2.24) is 5.32 Å². The predicted molar refractivity (Wildman–Crippen MR) is 43.9 cm³/mol. The van der Waals surface area contributed by atoms with Crippen LogP contribution >= 0.6 is 0 Å². The molecule has 4 heteroatoms. The number of hydrogen-bond acceptors (Lipinski definition) is 3. The summed E-state index contributed by atoms with van der Waals surface area (Å²) < 4.78 is 0. The Balaban J connectivity index is 2.58. The van der Waals surface area contributed by atoms with Crippen molar-refractivity contribution in [3.05, 3.63) is 0 Å². The smallest absolute Gasteiger partial charge is 0.272 e. The Morgan fingerprint density at radius 3 is 2.58 bits per heavy atom. The molecular weight excluding hydrogens is 156 g/mol. The minimum Gasteiger partial charge on any atom is -0.299 e. The zero-order valence-corrected chi connectivity index (χ0v) is 7.02.